The number of hydrogen-bond acceptors (Lipinski definition) is 12. The molecular formula is C22H23N7O5S3. The summed E-state index contributed by atoms with van der Waals surface area (Å²) < 4.78 is 0. The van der Waals surface area contributed by atoms with Gasteiger partial charge in [0.25, 0.3) is 11.8 Å². The third-order valence-electron chi connectivity index (χ3n) is 5.36. The van der Waals surface area contributed by atoms with Gasteiger partial charge in [-0.05, 0) is 23.8 Å². The second-order valence-corrected chi connectivity index (χ2v) is 11.1. The van der Waals surface area contributed by atoms with Crippen LogP contribution in [-0.4, -0.2) is 78.1 Å². The molecule has 1 saturated heterocycles. The quantitative estimate of drug-likeness (QED) is 0.0905. The Morgan fingerprint density at radius 1 is 1.32 bits per heavy atom. The Labute approximate surface area is 224 Å². The Morgan fingerprint density at radius 3 is 2.84 bits per heavy atom. The zero-order chi connectivity index (χ0) is 26.5. The van der Waals surface area contributed by atoms with Gasteiger partial charge in [-0.3, -0.25) is 19.5 Å². The molecule has 4 rings (SSSR count). The van der Waals surface area contributed by atoms with E-state index in [-0.39, 0.29) is 17.2 Å². The summed E-state index contributed by atoms with van der Waals surface area (Å²) in [5, 5.41) is 24.3. The van der Waals surface area contributed by atoms with E-state index in [1.54, 1.807) is 24.2 Å². The lowest BCUT2D eigenvalue weighted by molar-refractivity contribution is -0.150. The summed E-state index contributed by atoms with van der Waals surface area (Å²) in [6, 6.07) is 5.29. The van der Waals surface area contributed by atoms with Crippen molar-refractivity contribution in [1.29, 1.82) is 0 Å². The average Bonchev–Trinajstić information content (AvgIpc) is 2.88. The first kappa shape index (κ1) is 26.8. The van der Waals surface area contributed by atoms with Crippen LogP contribution in [0.25, 0.3) is 0 Å². The predicted octanol–water partition coefficient (Wildman–Crippen LogP) is 0.917. The number of carboxylic acids is 1. The van der Waals surface area contributed by atoms with Crippen LogP contribution >= 0.6 is 35.3 Å². The summed E-state index contributed by atoms with van der Waals surface area (Å²) in [5.74, 6) is -0.749. The van der Waals surface area contributed by atoms with Crippen LogP contribution in [0.4, 0.5) is 5.82 Å². The monoisotopic (exact) mass is 561 g/mol. The van der Waals surface area contributed by atoms with Crippen LogP contribution in [0.3, 0.4) is 0 Å². The van der Waals surface area contributed by atoms with Crippen molar-refractivity contribution in [3.63, 3.8) is 0 Å². The van der Waals surface area contributed by atoms with Crippen LogP contribution in [0.5, 0.6) is 0 Å². The van der Waals surface area contributed by atoms with Gasteiger partial charge in [-0.2, -0.15) is 11.8 Å². The first-order valence-electron chi connectivity index (χ1n) is 10.9. The Bertz CT molecular complexity index is 1290. The van der Waals surface area contributed by atoms with E-state index in [9.17, 15) is 24.7 Å². The number of hydrogen-bond donors (Lipinski definition) is 5. The highest BCUT2D eigenvalue weighted by molar-refractivity contribution is 8.06. The molecular weight excluding hydrogens is 538 g/mol. The molecule has 2 aromatic rings. The molecule has 0 bridgehead atoms. The molecule has 7 N–H and O–H groups in total. The molecule has 0 aliphatic carbocycles. The zero-order valence-electron chi connectivity index (χ0n) is 19.2. The van der Waals surface area contributed by atoms with E-state index in [1.807, 2.05) is 6.07 Å². The molecule has 194 valence electrons. The van der Waals surface area contributed by atoms with Gasteiger partial charge >= 0.3 is 5.97 Å². The summed E-state index contributed by atoms with van der Waals surface area (Å²) in [5.41, 5.74) is 11.7. The number of rotatable bonds is 10. The van der Waals surface area contributed by atoms with E-state index >= 15 is 0 Å². The maximum Gasteiger partial charge on any atom is 0.353 e. The van der Waals surface area contributed by atoms with E-state index in [0.29, 0.717) is 23.0 Å². The molecule has 37 heavy (non-hydrogen) atoms. The Kier molecular flexibility index (Phi) is 8.58. The van der Waals surface area contributed by atoms with Crippen molar-refractivity contribution in [2.45, 2.75) is 22.1 Å². The number of oxime groups is 1. The van der Waals surface area contributed by atoms with Gasteiger partial charge < -0.3 is 27.1 Å². The van der Waals surface area contributed by atoms with Gasteiger partial charge in [0.2, 0.25) is 0 Å². The van der Waals surface area contributed by atoms with Crippen LogP contribution in [0, 0.1) is 0 Å². The van der Waals surface area contributed by atoms with Crippen LogP contribution in [0.1, 0.15) is 11.3 Å². The number of thioether (sulfide) groups is 3. The maximum atomic E-state index is 13.0. The Balaban J connectivity index is 1.52. The number of β-lactam (4-membered cyclic amide) rings is 1. The molecule has 0 radical (unpaired) electrons. The fraction of sp³-hybridized carbons (Fsp3) is 0.273. The normalized spacial score (nSPS) is 19.3. The number of nitrogens with zero attached hydrogens (tertiary/aromatic N) is 4. The number of nitrogen functional groups attached to an aromatic ring is 1. The Morgan fingerprint density at radius 2 is 2.14 bits per heavy atom. The third-order valence-corrected chi connectivity index (χ3v) is 9.07. The second kappa shape index (κ2) is 11.9. The van der Waals surface area contributed by atoms with Gasteiger partial charge in [-0.15, -0.1) is 11.8 Å². The number of pyridine rings is 2. The molecule has 1 unspecified atom stereocenters. The smallest absolute Gasteiger partial charge is 0.353 e. The van der Waals surface area contributed by atoms with E-state index in [2.05, 4.69) is 20.4 Å². The summed E-state index contributed by atoms with van der Waals surface area (Å²) in [6.07, 6.45) is 3.37. The number of carbonyl (C=O) groups is 3. The van der Waals surface area contributed by atoms with E-state index in [4.69, 9.17) is 11.5 Å². The molecule has 2 atom stereocenters. The number of fused-ring (bicyclic) bond motifs is 1. The van der Waals surface area contributed by atoms with E-state index < -0.39 is 34.9 Å². The van der Waals surface area contributed by atoms with Gasteiger partial charge in [0, 0.05) is 46.0 Å². The summed E-state index contributed by atoms with van der Waals surface area (Å²) in [4.78, 5) is 48.7. The highest BCUT2D eigenvalue weighted by atomic mass is 32.2. The van der Waals surface area contributed by atoms with Crippen LogP contribution < -0.4 is 16.8 Å². The molecule has 2 aliphatic rings. The van der Waals surface area contributed by atoms with Gasteiger partial charge in [0.15, 0.2) is 5.71 Å². The number of nitrogens with one attached hydrogen (secondary N) is 1. The number of carbonyl (C=O) groups excluding carboxylic acids is 2. The molecule has 0 saturated carbocycles. The van der Waals surface area contributed by atoms with Gasteiger partial charge in [-0.1, -0.05) is 23.0 Å². The van der Waals surface area contributed by atoms with E-state index in [1.165, 1.54) is 46.6 Å². The molecule has 2 aromatic heterocycles. The fourth-order valence-electron chi connectivity index (χ4n) is 3.70. The maximum absolute atomic E-state index is 13.0. The van der Waals surface area contributed by atoms with Crippen molar-refractivity contribution in [2.75, 3.05) is 23.8 Å². The minimum atomic E-state index is -1.24. The second-order valence-electron chi connectivity index (χ2n) is 7.76. The van der Waals surface area contributed by atoms with Crippen molar-refractivity contribution in [2.24, 2.45) is 10.9 Å². The summed E-state index contributed by atoms with van der Waals surface area (Å²) in [7, 11) is 0. The largest absolute Gasteiger partial charge is 0.477 e. The molecule has 0 aromatic carbocycles. The van der Waals surface area contributed by atoms with Crippen molar-refractivity contribution >= 4 is 64.6 Å². The molecule has 2 amide bonds. The van der Waals surface area contributed by atoms with E-state index in [0.717, 1.165) is 16.2 Å². The molecule has 4 heterocycles. The first-order valence-corrected chi connectivity index (χ1v) is 13.9. The third kappa shape index (κ3) is 5.69. The highest BCUT2D eigenvalue weighted by Gasteiger charge is 2.54. The van der Waals surface area contributed by atoms with Crippen molar-refractivity contribution in [3.8, 4) is 0 Å². The molecule has 15 heteroatoms. The predicted molar refractivity (Wildman–Crippen MR) is 142 cm³/mol. The van der Waals surface area contributed by atoms with Crippen molar-refractivity contribution < 1.29 is 24.7 Å². The lowest BCUT2D eigenvalue weighted by Gasteiger charge is -2.49. The van der Waals surface area contributed by atoms with Crippen molar-refractivity contribution in [1.82, 2.24) is 20.2 Å². The molecule has 2 aliphatic heterocycles. The molecule has 0 spiro atoms. The minimum absolute atomic E-state index is 0.0301. The van der Waals surface area contributed by atoms with Crippen LogP contribution in [0.15, 0.2) is 57.3 Å². The first-order chi connectivity index (χ1) is 17.8. The number of amides is 2. The number of aliphatic carboxylic acids is 1. The number of aromatic nitrogens is 2. The fourth-order valence-corrected chi connectivity index (χ4v) is 7.11. The lowest BCUT2D eigenvalue weighted by Crippen LogP contribution is -2.71. The Hall–Kier alpha value is -3.27. The zero-order valence-corrected chi connectivity index (χ0v) is 21.7. The number of carboxylic acid groups (broad SMARTS) is 1. The standard InChI is InChI=1S/C22H23N7O5S3/c23-5-7-35-9-11-8-25-6-4-13(11)37-14-10-36-21-17(20(31)29(21)18(14)22(32)33)27-19(30)16(28-34)12-2-1-3-15(24)26-12/h1-4,6,8,17,21,34H,5,7,9-10,23H2,(H2,24,26)(H,27,30)(H,32,33)/b28-16+/t17-,21?/m1/s1. The highest BCUT2D eigenvalue weighted by Crippen LogP contribution is 2.45. The topological polar surface area (TPSA) is 197 Å². The number of nitrogens with two attached hydrogens (primary N) is 2. The summed E-state index contributed by atoms with van der Waals surface area (Å²) in [6.45, 7) is 0.552. The molecule has 1 fully saturated rings. The van der Waals surface area contributed by atoms with Crippen LogP contribution in [-0.2, 0) is 20.1 Å². The SMILES string of the molecule is NCCSCc1cnccc1SC1=C(C(=O)O)N2C(=O)[C@@H](NC(=O)/C(=N/O)c3cccc(N)n3)C2SC1. The van der Waals surface area contributed by atoms with Gasteiger partial charge in [0.05, 0.1) is 0 Å². The lowest BCUT2D eigenvalue weighted by atomic mass is 10.0. The molecule has 12 nitrogen and oxygen atoms in total. The van der Waals surface area contributed by atoms with Crippen molar-refractivity contribution in [3.05, 3.63) is 58.5 Å². The van der Waals surface area contributed by atoms with Gasteiger partial charge in [-0.25, -0.2) is 9.78 Å². The van der Waals surface area contributed by atoms with Crippen LogP contribution in [0.2, 0.25) is 0 Å². The summed E-state index contributed by atoms with van der Waals surface area (Å²) >= 11 is 4.27. The number of anilines is 1. The van der Waals surface area contributed by atoms with Gasteiger partial charge in [0.1, 0.15) is 28.6 Å². The minimum Gasteiger partial charge on any atom is -0.477 e. The average molecular weight is 562 g/mol.